The van der Waals surface area contributed by atoms with Gasteiger partial charge in [0.25, 0.3) is 0 Å². The van der Waals surface area contributed by atoms with E-state index in [1.165, 1.54) is 12.1 Å². The lowest BCUT2D eigenvalue weighted by Gasteiger charge is -2.09. The molecule has 0 saturated heterocycles. The summed E-state index contributed by atoms with van der Waals surface area (Å²) in [5.74, 6) is -0.468. The van der Waals surface area contributed by atoms with Gasteiger partial charge in [-0.1, -0.05) is 0 Å². The number of hydrogen-bond donors (Lipinski definition) is 1. The molecule has 0 fully saturated rings. The third-order valence-electron chi connectivity index (χ3n) is 3.53. The third kappa shape index (κ3) is 4.06. The van der Waals surface area contributed by atoms with E-state index in [1.807, 2.05) is 0 Å². The van der Waals surface area contributed by atoms with E-state index < -0.39 is 15.8 Å². The van der Waals surface area contributed by atoms with Gasteiger partial charge in [0.15, 0.2) is 0 Å². The van der Waals surface area contributed by atoms with Crippen LogP contribution in [-0.2, 0) is 16.6 Å². The van der Waals surface area contributed by atoms with E-state index in [-0.39, 0.29) is 11.4 Å². The predicted octanol–water partition coefficient (Wildman–Crippen LogP) is 1.77. The van der Waals surface area contributed by atoms with Crippen LogP contribution in [0.4, 0.5) is 4.39 Å². The van der Waals surface area contributed by atoms with Crippen LogP contribution in [0.1, 0.15) is 5.56 Å². The summed E-state index contributed by atoms with van der Waals surface area (Å²) in [7, 11) is -3.70. The lowest BCUT2D eigenvalue weighted by atomic mass is 10.2. The maximum atomic E-state index is 13.1. The first-order valence-corrected chi connectivity index (χ1v) is 9.00. The lowest BCUT2D eigenvalue weighted by molar-refractivity contribution is 0.560. The molecule has 130 valence electrons. The Morgan fingerprint density at radius 2 is 2.04 bits per heavy atom. The Kier molecular flexibility index (Phi) is 4.86. The van der Waals surface area contributed by atoms with Crippen molar-refractivity contribution in [2.24, 2.45) is 0 Å². The van der Waals surface area contributed by atoms with Gasteiger partial charge < -0.3 is 0 Å². The number of aryl methyl sites for hydroxylation is 1. The number of benzene rings is 1. The minimum absolute atomic E-state index is 0.0645. The van der Waals surface area contributed by atoms with E-state index >= 15 is 0 Å². The molecule has 0 spiro atoms. The average Bonchev–Trinajstić information content (AvgIpc) is 3.04. The highest BCUT2D eigenvalue weighted by molar-refractivity contribution is 7.89. The number of rotatable bonds is 6. The molecule has 0 amide bonds. The zero-order valence-corrected chi connectivity index (χ0v) is 14.2. The summed E-state index contributed by atoms with van der Waals surface area (Å²) < 4.78 is 41.8. The van der Waals surface area contributed by atoms with Crippen molar-refractivity contribution >= 4 is 10.0 Å². The second kappa shape index (κ2) is 7.08. The zero-order chi connectivity index (χ0) is 17.9. The predicted molar refractivity (Wildman–Crippen MR) is 89.6 cm³/mol. The average molecular weight is 361 g/mol. The van der Waals surface area contributed by atoms with Gasteiger partial charge in [0.1, 0.15) is 17.2 Å². The molecule has 0 unspecified atom stereocenters. The topological polar surface area (TPSA) is 89.8 Å². The van der Waals surface area contributed by atoms with Crippen LogP contribution in [0.2, 0.25) is 0 Å². The van der Waals surface area contributed by atoms with Gasteiger partial charge in [0.05, 0.1) is 17.6 Å². The van der Waals surface area contributed by atoms with Gasteiger partial charge in [-0.15, -0.1) is 0 Å². The Balaban J connectivity index is 1.64. The maximum absolute atomic E-state index is 13.1. The Bertz CT molecular complexity index is 973. The number of nitrogens with zero attached hydrogens (tertiary/aromatic N) is 4. The molecule has 0 aliphatic rings. The highest BCUT2D eigenvalue weighted by Gasteiger charge is 2.16. The standard InChI is InChI=1S/C16H16FN5O2S/c1-12-10-13(17)2-3-16(12)25(23,24)20-7-9-22-8-4-14(21-22)15-11-18-5-6-19-15/h2-6,8,10-11,20H,7,9H2,1H3. The summed E-state index contributed by atoms with van der Waals surface area (Å²) in [6, 6.07) is 5.35. The lowest BCUT2D eigenvalue weighted by Crippen LogP contribution is -2.28. The molecule has 0 aliphatic heterocycles. The highest BCUT2D eigenvalue weighted by Crippen LogP contribution is 2.16. The maximum Gasteiger partial charge on any atom is 0.240 e. The van der Waals surface area contributed by atoms with Crippen LogP contribution < -0.4 is 4.72 Å². The number of nitrogens with one attached hydrogen (secondary N) is 1. The fraction of sp³-hybridized carbons (Fsp3) is 0.188. The molecule has 1 N–H and O–H groups in total. The third-order valence-corrected chi connectivity index (χ3v) is 5.15. The molecule has 9 heteroatoms. The summed E-state index contributed by atoms with van der Waals surface area (Å²) in [5.41, 5.74) is 1.66. The minimum atomic E-state index is -3.70. The van der Waals surface area contributed by atoms with Gasteiger partial charge in [-0.3, -0.25) is 14.6 Å². The molecular formula is C16H16FN5O2S. The first-order chi connectivity index (χ1) is 12.0. The number of hydrogen-bond acceptors (Lipinski definition) is 5. The first kappa shape index (κ1) is 17.2. The van der Waals surface area contributed by atoms with Crippen molar-refractivity contribution in [1.29, 1.82) is 0 Å². The van der Waals surface area contributed by atoms with Crippen LogP contribution in [0.25, 0.3) is 11.4 Å². The first-order valence-electron chi connectivity index (χ1n) is 7.51. The van der Waals surface area contributed by atoms with E-state index in [0.29, 0.717) is 23.5 Å². The van der Waals surface area contributed by atoms with Gasteiger partial charge in [-0.25, -0.2) is 17.5 Å². The summed E-state index contributed by atoms with van der Waals surface area (Å²) in [4.78, 5) is 8.20. The zero-order valence-electron chi connectivity index (χ0n) is 13.4. The molecule has 0 aliphatic carbocycles. The molecule has 0 bridgehead atoms. The summed E-state index contributed by atoms with van der Waals surface area (Å²) >= 11 is 0. The van der Waals surface area contributed by atoms with Gasteiger partial charge in [0, 0.05) is 25.1 Å². The minimum Gasteiger partial charge on any atom is -0.271 e. The Morgan fingerprint density at radius 3 is 2.76 bits per heavy atom. The van der Waals surface area contributed by atoms with E-state index in [9.17, 15) is 12.8 Å². The van der Waals surface area contributed by atoms with Crippen molar-refractivity contribution in [1.82, 2.24) is 24.5 Å². The van der Waals surface area contributed by atoms with Crippen molar-refractivity contribution in [3.05, 3.63) is 60.4 Å². The van der Waals surface area contributed by atoms with Crippen LogP contribution in [0, 0.1) is 12.7 Å². The van der Waals surface area contributed by atoms with Crippen molar-refractivity contribution in [2.75, 3.05) is 6.54 Å². The second-order valence-corrected chi connectivity index (χ2v) is 7.10. The molecule has 1 aromatic carbocycles. The van der Waals surface area contributed by atoms with Crippen LogP contribution in [0.5, 0.6) is 0 Å². The Morgan fingerprint density at radius 1 is 1.20 bits per heavy atom. The molecule has 7 nitrogen and oxygen atoms in total. The smallest absolute Gasteiger partial charge is 0.240 e. The van der Waals surface area contributed by atoms with E-state index in [4.69, 9.17) is 0 Å². The van der Waals surface area contributed by atoms with Gasteiger partial charge in [0.2, 0.25) is 10.0 Å². The van der Waals surface area contributed by atoms with Crippen LogP contribution >= 0.6 is 0 Å². The largest absolute Gasteiger partial charge is 0.271 e. The molecule has 0 radical (unpaired) electrons. The molecule has 0 atom stereocenters. The summed E-state index contributed by atoms with van der Waals surface area (Å²) in [6.07, 6.45) is 6.49. The second-order valence-electron chi connectivity index (χ2n) is 5.36. The van der Waals surface area contributed by atoms with Crippen molar-refractivity contribution in [3.63, 3.8) is 0 Å². The molecule has 2 heterocycles. The SMILES string of the molecule is Cc1cc(F)ccc1S(=O)(=O)NCCn1ccc(-c2cnccn2)n1. The fourth-order valence-electron chi connectivity index (χ4n) is 2.34. The number of halogens is 1. The molecule has 0 saturated carbocycles. The normalized spacial score (nSPS) is 11.6. The van der Waals surface area contributed by atoms with Crippen LogP contribution in [0.3, 0.4) is 0 Å². The molecule has 3 aromatic rings. The monoisotopic (exact) mass is 361 g/mol. The van der Waals surface area contributed by atoms with Crippen LogP contribution in [-0.4, -0.2) is 34.7 Å². The summed E-state index contributed by atoms with van der Waals surface area (Å²) in [6.45, 7) is 2.05. The van der Waals surface area contributed by atoms with Gasteiger partial charge >= 0.3 is 0 Å². The van der Waals surface area contributed by atoms with Crippen molar-refractivity contribution in [3.8, 4) is 11.4 Å². The van der Waals surface area contributed by atoms with E-state index in [2.05, 4.69) is 19.8 Å². The van der Waals surface area contributed by atoms with Crippen LogP contribution in [0.15, 0.2) is 53.9 Å². The molecule has 3 rings (SSSR count). The molecule has 2 aromatic heterocycles. The van der Waals surface area contributed by atoms with Gasteiger partial charge in [-0.05, 0) is 36.8 Å². The number of sulfonamides is 1. The number of aromatic nitrogens is 4. The van der Waals surface area contributed by atoms with Crippen molar-refractivity contribution < 1.29 is 12.8 Å². The van der Waals surface area contributed by atoms with E-state index in [1.54, 1.807) is 42.5 Å². The molecule has 25 heavy (non-hydrogen) atoms. The quantitative estimate of drug-likeness (QED) is 0.723. The molecular weight excluding hydrogens is 345 g/mol. The van der Waals surface area contributed by atoms with Gasteiger partial charge in [-0.2, -0.15) is 5.10 Å². The van der Waals surface area contributed by atoms with Crippen molar-refractivity contribution in [2.45, 2.75) is 18.4 Å². The Labute approximate surface area is 144 Å². The summed E-state index contributed by atoms with van der Waals surface area (Å²) in [5, 5.41) is 4.33. The highest BCUT2D eigenvalue weighted by atomic mass is 32.2. The van der Waals surface area contributed by atoms with E-state index in [0.717, 1.165) is 6.07 Å². The Hall–Kier alpha value is -2.65. The fourth-order valence-corrected chi connectivity index (χ4v) is 3.59.